The average molecular weight is 408 g/mol. The van der Waals surface area contributed by atoms with E-state index in [4.69, 9.17) is 14.2 Å². The second kappa shape index (κ2) is 8.90. The van der Waals surface area contributed by atoms with E-state index in [0.717, 1.165) is 24.8 Å². The highest BCUT2D eigenvalue weighted by atomic mass is 16.7. The topological polar surface area (TPSA) is 77.1 Å². The number of ether oxygens (including phenoxy) is 3. The molecule has 2 aromatic rings. The number of hydrogen-bond donors (Lipinski definition) is 1. The maximum Gasteiger partial charge on any atom is 0.270 e. The van der Waals surface area contributed by atoms with Crippen LogP contribution >= 0.6 is 0 Å². The van der Waals surface area contributed by atoms with Crippen LogP contribution in [0, 0.1) is 0 Å². The minimum absolute atomic E-state index is 0.177. The predicted octanol–water partition coefficient (Wildman–Crippen LogP) is 3.21. The largest absolute Gasteiger partial charge is 0.497 e. The van der Waals surface area contributed by atoms with Crippen molar-refractivity contribution in [1.82, 2.24) is 10.2 Å². The quantitative estimate of drug-likeness (QED) is 0.769. The Morgan fingerprint density at radius 1 is 1.00 bits per heavy atom. The van der Waals surface area contributed by atoms with E-state index < -0.39 is 0 Å². The average Bonchev–Trinajstić information content (AvgIpc) is 3.26. The number of carbonyl (C=O) groups excluding carboxylic acids is 2. The van der Waals surface area contributed by atoms with Crippen molar-refractivity contribution in [3.63, 3.8) is 0 Å². The fourth-order valence-corrected chi connectivity index (χ4v) is 3.53. The third-order valence-corrected chi connectivity index (χ3v) is 5.18. The molecule has 0 spiro atoms. The number of methoxy groups -OCH3 is 1. The fraction of sp³-hybridized carbons (Fsp3) is 0.304. The highest BCUT2D eigenvalue weighted by molar-refractivity contribution is 6.05. The molecule has 2 heterocycles. The standard InChI is InChI=1S/C23H24N2O5/c1-28-18-8-6-17(7-9-18)22(26)24-19(23(27)25-11-3-2-4-12-25)13-16-5-10-20-21(14-16)30-15-29-20/h5-10,13-14H,2-4,11-12,15H2,1H3,(H,24,26)/b19-13-. The van der Waals surface area contributed by atoms with Gasteiger partial charge in [-0.05, 0) is 67.3 Å². The van der Waals surface area contributed by atoms with Crippen LogP contribution in [0.3, 0.4) is 0 Å². The van der Waals surface area contributed by atoms with Crippen LogP contribution < -0.4 is 19.5 Å². The summed E-state index contributed by atoms with van der Waals surface area (Å²) in [7, 11) is 1.57. The number of nitrogens with zero attached hydrogens (tertiary/aromatic N) is 1. The molecule has 2 aliphatic rings. The molecule has 0 radical (unpaired) electrons. The molecule has 30 heavy (non-hydrogen) atoms. The lowest BCUT2D eigenvalue weighted by Crippen LogP contribution is -2.41. The first-order valence-corrected chi connectivity index (χ1v) is 10.00. The number of hydrogen-bond acceptors (Lipinski definition) is 5. The molecular formula is C23H24N2O5. The Kier molecular flexibility index (Phi) is 5.88. The minimum Gasteiger partial charge on any atom is -0.497 e. The number of likely N-dealkylation sites (tertiary alicyclic amines) is 1. The Morgan fingerprint density at radius 3 is 2.47 bits per heavy atom. The molecule has 2 amide bonds. The highest BCUT2D eigenvalue weighted by Gasteiger charge is 2.23. The zero-order valence-electron chi connectivity index (χ0n) is 16.8. The molecule has 1 fully saturated rings. The molecule has 2 aliphatic heterocycles. The van der Waals surface area contributed by atoms with Crippen LogP contribution in [0.2, 0.25) is 0 Å². The van der Waals surface area contributed by atoms with Gasteiger partial charge in [-0.15, -0.1) is 0 Å². The Morgan fingerprint density at radius 2 is 1.73 bits per heavy atom. The molecule has 1 saturated heterocycles. The molecule has 7 nitrogen and oxygen atoms in total. The zero-order chi connectivity index (χ0) is 20.9. The molecular weight excluding hydrogens is 384 g/mol. The van der Waals surface area contributed by atoms with E-state index in [1.807, 2.05) is 6.07 Å². The van der Waals surface area contributed by atoms with E-state index in [1.54, 1.807) is 54.5 Å². The predicted molar refractivity (Wildman–Crippen MR) is 111 cm³/mol. The summed E-state index contributed by atoms with van der Waals surface area (Å²) < 4.78 is 15.9. The monoisotopic (exact) mass is 408 g/mol. The Balaban J connectivity index is 1.60. The first-order chi connectivity index (χ1) is 14.6. The van der Waals surface area contributed by atoms with Gasteiger partial charge in [0.05, 0.1) is 7.11 Å². The van der Waals surface area contributed by atoms with E-state index in [1.165, 1.54) is 0 Å². The molecule has 0 aliphatic carbocycles. The van der Waals surface area contributed by atoms with E-state index in [9.17, 15) is 9.59 Å². The molecule has 4 rings (SSSR count). The Labute approximate surface area is 175 Å². The van der Waals surface area contributed by atoms with Gasteiger partial charge in [0.25, 0.3) is 11.8 Å². The molecule has 0 unspecified atom stereocenters. The first-order valence-electron chi connectivity index (χ1n) is 10.00. The Bertz CT molecular complexity index is 962. The summed E-state index contributed by atoms with van der Waals surface area (Å²) in [5, 5.41) is 2.80. The molecule has 156 valence electrons. The van der Waals surface area contributed by atoms with Gasteiger partial charge in [-0.1, -0.05) is 6.07 Å². The number of carbonyl (C=O) groups is 2. The van der Waals surface area contributed by atoms with Crippen LogP contribution in [-0.4, -0.2) is 43.7 Å². The van der Waals surface area contributed by atoms with E-state index >= 15 is 0 Å². The second-order valence-electron chi connectivity index (χ2n) is 7.21. The van der Waals surface area contributed by atoms with E-state index in [-0.39, 0.29) is 24.3 Å². The van der Waals surface area contributed by atoms with Crippen LogP contribution in [-0.2, 0) is 4.79 Å². The van der Waals surface area contributed by atoms with Crippen molar-refractivity contribution in [2.24, 2.45) is 0 Å². The highest BCUT2D eigenvalue weighted by Crippen LogP contribution is 2.33. The van der Waals surface area contributed by atoms with Gasteiger partial charge in [0, 0.05) is 18.7 Å². The van der Waals surface area contributed by atoms with Crippen molar-refractivity contribution in [3.8, 4) is 17.2 Å². The van der Waals surface area contributed by atoms with Crippen molar-refractivity contribution in [2.75, 3.05) is 27.0 Å². The van der Waals surface area contributed by atoms with E-state index in [0.29, 0.717) is 35.9 Å². The van der Waals surface area contributed by atoms with E-state index in [2.05, 4.69) is 5.32 Å². The number of amides is 2. The molecule has 7 heteroatoms. The van der Waals surface area contributed by atoms with Gasteiger partial charge in [-0.3, -0.25) is 9.59 Å². The number of rotatable bonds is 5. The third-order valence-electron chi connectivity index (χ3n) is 5.18. The summed E-state index contributed by atoms with van der Waals surface area (Å²) in [6.07, 6.45) is 4.73. The number of nitrogens with one attached hydrogen (secondary N) is 1. The van der Waals surface area contributed by atoms with Crippen molar-refractivity contribution < 1.29 is 23.8 Å². The summed E-state index contributed by atoms with van der Waals surface area (Å²) in [4.78, 5) is 27.8. The van der Waals surface area contributed by atoms with Crippen molar-refractivity contribution in [2.45, 2.75) is 19.3 Å². The van der Waals surface area contributed by atoms with Crippen LogP contribution in [0.1, 0.15) is 35.2 Å². The normalized spacial score (nSPS) is 15.6. The number of fused-ring (bicyclic) bond motifs is 1. The summed E-state index contributed by atoms with van der Waals surface area (Å²) in [5.41, 5.74) is 1.42. The maximum atomic E-state index is 13.2. The molecule has 0 atom stereocenters. The number of benzene rings is 2. The first kappa shape index (κ1) is 19.8. The SMILES string of the molecule is COc1ccc(C(=O)N/C(=C\c2ccc3c(c2)OCO3)C(=O)N2CCCCC2)cc1. The van der Waals surface area contributed by atoms with Gasteiger partial charge in [-0.2, -0.15) is 0 Å². The lowest BCUT2D eigenvalue weighted by Gasteiger charge is -2.27. The fourth-order valence-electron chi connectivity index (χ4n) is 3.53. The summed E-state index contributed by atoms with van der Waals surface area (Å²) >= 11 is 0. The van der Waals surface area contributed by atoms with Gasteiger partial charge >= 0.3 is 0 Å². The summed E-state index contributed by atoms with van der Waals surface area (Å²) in [6, 6.07) is 12.2. The van der Waals surface area contributed by atoms with Crippen molar-refractivity contribution >= 4 is 17.9 Å². The lowest BCUT2D eigenvalue weighted by molar-refractivity contribution is -0.128. The smallest absolute Gasteiger partial charge is 0.270 e. The van der Waals surface area contributed by atoms with Gasteiger partial charge < -0.3 is 24.4 Å². The molecule has 1 N–H and O–H groups in total. The van der Waals surface area contributed by atoms with Crippen molar-refractivity contribution in [1.29, 1.82) is 0 Å². The summed E-state index contributed by atoms with van der Waals surface area (Å²) in [6.45, 7) is 1.56. The van der Waals surface area contributed by atoms with Gasteiger partial charge in [0.15, 0.2) is 11.5 Å². The minimum atomic E-state index is -0.352. The molecule has 0 aromatic heterocycles. The summed E-state index contributed by atoms with van der Waals surface area (Å²) in [5.74, 6) is 1.41. The second-order valence-corrected chi connectivity index (χ2v) is 7.21. The molecule has 0 saturated carbocycles. The molecule has 2 aromatic carbocycles. The Hall–Kier alpha value is -3.48. The van der Waals surface area contributed by atoms with Gasteiger partial charge in [0.2, 0.25) is 6.79 Å². The van der Waals surface area contributed by atoms with Crippen LogP contribution in [0.15, 0.2) is 48.2 Å². The van der Waals surface area contributed by atoms with Gasteiger partial charge in [0.1, 0.15) is 11.4 Å². The van der Waals surface area contributed by atoms with Crippen LogP contribution in [0.5, 0.6) is 17.2 Å². The third kappa shape index (κ3) is 4.40. The van der Waals surface area contributed by atoms with Gasteiger partial charge in [-0.25, -0.2) is 0 Å². The maximum absolute atomic E-state index is 13.2. The van der Waals surface area contributed by atoms with Crippen LogP contribution in [0.4, 0.5) is 0 Å². The van der Waals surface area contributed by atoms with Crippen molar-refractivity contribution in [3.05, 3.63) is 59.3 Å². The van der Waals surface area contributed by atoms with Crippen LogP contribution in [0.25, 0.3) is 6.08 Å². The zero-order valence-corrected chi connectivity index (χ0v) is 16.8. The molecule has 0 bridgehead atoms. The lowest BCUT2D eigenvalue weighted by atomic mass is 10.1. The number of piperidine rings is 1.